The minimum Gasteiger partial charge on any atom is -0.484 e. The molecule has 0 aliphatic carbocycles. The zero-order valence-electron chi connectivity index (χ0n) is 27.4. The molecular formula is C32H47N7O7S. The minimum atomic E-state index is -0.989. The number of ether oxygens (including phenoxy) is 3. The maximum atomic E-state index is 14.0. The van der Waals surface area contributed by atoms with Crippen molar-refractivity contribution in [2.24, 2.45) is 5.41 Å². The number of hydrogen-bond acceptors (Lipinski definition) is 11. The number of aryl methyl sites for hydroxylation is 1. The molecule has 4 amide bonds. The summed E-state index contributed by atoms with van der Waals surface area (Å²) in [6.07, 6.45) is 1.82. The summed E-state index contributed by atoms with van der Waals surface area (Å²) in [6, 6.07) is 7.30. The van der Waals surface area contributed by atoms with Crippen LogP contribution in [-0.2, 0) is 30.3 Å². The van der Waals surface area contributed by atoms with E-state index in [1.165, 1.54) is 0 Å². The SMILES string of the molecule is COCCC1(C(=O)NCCN2CCOCC2)CNC(=O)CCCN(C(=O)c2nsnc2C)CCCNC(=O)COc2ccc(cc2)C1. The maximum absolute atomic E-state index is 14.0. The highest BCUT2D eigenvalue weighted by Crippen LogP contribution is 2.29. The molecule has 2 bridgehead atoms. The van der Waals surface area contributed by atoms with E-state index in [-0.39, 0.29) is 43.2 Å². The third-order valence-corrected chi connectivity index (χ3v) is 9.06. The summed E-state index contributed by atoms with van der Waals surface area (Å²) in [4.78, 5) is 56.8. The van der Waals surface area contributed by atoms with Crippen molar-refractivity contribution in [2.45, 2.75) is 39.0 Å². The second kappa shape index (κ2) is 18.6. The second-order valence-corrected chi connectivity index (χ2v) is 12.4. The fraction of sp³-hybridized carbons (Fsp3) is 0.625. The first-order chi connectivity index (χ1) is 22.8. The molecule has 0 radical (unpaired) electrons. The third kappa shape index (κ3) is 11.2. The Bertz CT molecular complexity index is 1320. The van der Waals surface area contributed by atoms with Gasteiger partial charge in [0.15, 0.2) is 12.3 Å². The zero-order chi connectivity index (χ0) is 33.5. The number of nitrogens with one attached hydrogen (secondary N) is 3. The summed E-state index contributed by atoms with van der Waals surface area (Å²) >= 11 is 0.978. The normalized spacial score (nSPS) is 20.9. The summed E-state index contributed by atoms with van der Waals surface area (Å²) in [7, 11) is 1.59. The van der Waals surface area contributed by atoms with E-state index in [0.29, 0.717) is 95.4 Å². The van der Waals surface area contributed by atoms with E-state index in [9.17, 15) is 19.2 Å². The molecule has 0 saturated carbocycles. The second-order valence-electron chi connectivity index (χ2n) is 11.9. The molecule has 3 aliphatic rings. The van der Waals surface area contributed by atoms with E-state index in [1.54, 1.807) is 31.1 Å². The molecule has 3 aliphatic heterocycles. The Morgan fingerprint density at radius 1 is 1.04 bits per heavy atom. The van der Waals surface area contributed by atoms with Gasteiger partial charge in [-0.25, -0.2) is 0 Å². The summed E-state index contributed by atoms with van der Waals surface area (Å²) in [5.41, 5.74) is 0.736. The lowest BCUT2D eigenvalue weighted by Gasteiger charge is -2.34. The first-order valence-corrected chi connectivity index (χ1v) is 16.9. The molecule has 1 saturated heterocycles. The van der Waals surface area contributed by atoms with Gasteiger partial charge in [0.2, 0.25) is 11.8 Å². The molecule has 1 fully saturated rings. The lowest BCUT2D eigenvalue weighted by atomic mass is 9.77. The predicted octanol–water partition coefficient (Wildman–Crippen LogP) is 0.798. The standard InChI is InChI=1S/C32H47N7O7S/c1-24-29(37-47-36-24)30(42)39-13-3-5-27(40)35-23-32(10-18-44-2,31(43)34-12-15-38-16-19-45-20-17-38)21-25-6-8-26(9-7-25)46-22-28(41)33-11-4-14-39/h6-9H,3-5,10-23H2,1-2H3,(H,33,41)(H,34,43)(H,35,40). The van der Waals surface area contributed by atoms with Crippen LogP contribution in [0.3, 0.4) is 0 Å². The molecular weight excluding hydrogens is 626 g/mol. The number of nitrogens with zero attached hydrogens (tertiary/aromatic N) is 4. The van der Waals surface area contributed by atoms with Gasteiger partial charge in [-0.05, 0) is 50.3 Å². The van der Waals surface area contributed by atoms with Crippen LogP contribution in [0.1, 0.15) is 47.4 Å². The number of benzene rings is 1. The van der Waals surface area contributed by atoms with Crippen molar-refractivity contribution in [1.29, 1.82) is 0 Å². The Hall–Kier alpha value is -3.66. The smallest absolute Gasteiger partial charge is 0.275 e. The number of aromatic nitrogens is 2. The van der Waals surface area contributed by atoms with Crippen molar-refractivity contribution < 1.29 is 33.4 Å². The number of methoxy groups -OCH3 is 1. The molecule has 4 heterocycles. The first-order valence-electron chi connectivity index (χ1n) is 16.2. The zero-order valence-corrected chi connectivity index (χ0v) is 28.2. The van der Waals surface area contributed by atoms with E-state index in [1.807, 2.05) is 12.1 Å². The van der Waals surface area contributed by atoms with Gasteiger partial charge in [0, 0.05) is 72.5 Å². The van der Waals surface area contributed by atoms with Crippen molar-refractivity contribution in [3.63, 3.8) is 0 Å². The molecule has 1 aromatic heterocycles. The summed E-state index contributed by atoms with van der Waals surface area (Å²) in [6.45, 7) is 7.23. The molecule has 0 spiro atoms. The summed E-state index contributed by atoms with van der Waals surface area (Å²) in [5.74, 6) is -0.384. The predicted molar refractivity (Wildman–Crippen MR) is 175 cm³/mol. The molecule has 15 heteroatoms. The van der Waals surface area contributed by atoms with Crippen LogP contribution in [0, 0.1) is 12.3 Å². The summed E-state index contributed by atoms with van der Waals surface area (Å²) in [5, 5.41) is 8.98. The number of rotatable bonds is 8. The van der Waals surface area contributed by atoms with E-state index < -0.39 is 5.41 Å². The van der Waals surface area contributed by atoms with E-state index in [0.717, 1.165) is 30.4 Å². The highest BCUT2D eigenvalue weighted by atomic mass is 32.1. The Labute approximate surface area is 280 Å². The summed E-state index contributed by atoms with van der Waals surface area (Å²) < 4.78 is 24.8. The van der Waals surface area contributed by atoms with Gasteiger partial charge in [0.1, 0.15) is 5.75 Å². The molecule has 14 nitrogen and oxygen atoms in total. The van der Waals surface area contributed by atoms with Gasteiger partial charge < -0.3 is 35.1 Å². The van der Waals surface area contributed by atoms with Crippen LogP contribution in [0.4, 0.5) is 0 Å². The van der Waals surface area contributed by atoms with Crippen molar-refractivity contribution in [2.75, 3.05) is 85.9 Å². The molecule has 5 rings (SSSR count). The molecule has 1 unspecified atom stereocenters. The first kappa shape index (κ1) is 36.2. The molecule has 258 valence electrons. The van der Waals surface area contributed by atoms with Gasteiger partial charge in [0.25, 0.3) is 11.8 Å². The number of carbonyl (C=O) groups excluding carboxylic acids is 4. The number of hydrogen-bond donors (Lipinski definition) is 3. The Morgan fingerprint density at radius 3 is 2.53 bits per heavy atom. The van der Waals surface area contributed by atoms with Gasteiger partial charge in [-0.15, -0.1) is 0 Å². The minimum absolute atomic E-state index is 0.114. The van der Waals surface area contributed by atoms with Crippen LogP contribution in [0.2, 0.25) is 0 Å². The van der Waals surface area contributed by atoms with Gasteiger partial charge in [-0.1, -0.05) is 12.1 Å². The van der Waals surface area contributed by atoms with E-state index >= 15 is 0 Å². The number of amides is 4. The number of morpholine rings is 1. The van der Waals surface area contributed by atoms with Gasteiger partial charge in [-0.2, -0.15) is 8.75 Å². The Balaban J connectivity index is 1.51. The highest BCUT2D eigenvalue weighted by Gasteiger charge is 2.39. The average Bonchev–Trinajstić information content (AvgIpc) is 3.52. The number of fused-ring (bicyclic) bond motifs is 17. The average molecular weight is 674 g/mol. The fourth-order valence-electron chi connectivity index (χ4n) is 5.62. The van der Waals surface area contributed by atoms with Gasteiger partial charge >= 0.3 is 0 Å². The molecule has 1 aromatic carbocycles. The van der Waals surface area contributed by atoms with E-state index in [4.69, 9.17) is 14.2 Å². The third-order valence-electron chi connectivity index (χ3n) is 8.44. The van der Waals surface area contributed by atoms with Crippen molar-refractivity contribution in [3.8, 4) is 5.75 Å². The lowest BCUT2D eigenvalue weighted by molar-refractivity contribution is -0.133. The van der Waals surface area contributed by atoms with Crippen LogP contribution in [0.5, 0.6) is 5.75 Å². The van der Waals surface area contributed by atoms with Crippen LogP contribution in [0.25, 0.3) is 0 Å². The van der Waals surface area contributed by atoms with Crippen LogP contribution in [-0.4, -0.2) is 128 Å². The van der Waals surface area contributed by atoms with Gasteiger partial charge in [-0.3, -0.25) is 24.1 Å². The van der Waals surface area contributed by atoms with E-state index in [2.05, 4.69) is 29.6 Å². The van der Waals surface area contributed by atoms with Crippen LogP contribution >= 0.6 is 11.7 Å². The monoisotopic (exact) mass is 673 g/mol. The molecule has 3 N–H and O–H groups in total. The van der Waals surface area contributed by atoms with Crippen molar-refractivity contribution in [3.05, 3.63) is 41.2 Å². The highest BCUT2D eigenvalue weighted by molar-refractivity contribution is 6.99. The molecule has 1 atom stereocenters. The number of carbonyl (C=O) groups is 4. The Morgan fingerprint density at radius 2 is 1.81 bits per heavy atom. The quantitative estimate of drug-likeness (QED) is 0.365. The van der Waals surface area contributed by atoms with Crippen LogP contribution < -0.4 is 20.7 Å². The topological polar surface area (TPSA) is 164 Å². The van der Waals surface area contributed by atoms with Crippen molar-refractivity contribution >= 4 is 35.4 Å². The molecule has 2 aromatic rings. The van der Waals surface area contributed by atoms with Crippen LogP contribution in [0.15, 0.2) is 24.3 Å². The van der Waals surface area contributed by atoms with Gasteiger partial charge in [0.05, 0.1) is 36.1 Å². The fourth-order valence-corrected chi connectivity index (χ4v) is 6.16. The maximum Gasteiger partial charge on any atom is 0.275 e. The lowest BCUT2D eigenvalue weighted by Crippen LogP contribution is -2.52. The Kier molecular flexibility index (Phi) is 14.3. The molecule has 47 heavy (non-hydrogen) atoms. The largest absolute Gasteiger partial charge is 0.484 e. The van der Waals surface area contributed by atoms with Crippen molar-refractivity contribution in [1.82, 2.24) is 34.5 Å².